The fraction of sp³-hybridized carbons (Fsp3) is 0.571. The van der Waals surface area contributed by atoms with Crippen molar-refractivity contribution in [3.63, 3.8) is 0 Å². The van der Waals surface area contributed by atoms with Crippen LogP contribution in [-0.2, 0) is 28.1 Å². The number of aromatic nitrogens is 2. The molecule has 2 aromatic rings. The van der Waals surface area contributed by atoms with Crippen LogP contribution >= 0.6 is 0 Å². The average molecular weight is 384 g/mol. The summed E-state index contributed by atoms with van der Waals surface area (Å²) in [4.78, 5) is 24.1. The van der Waals surface area contributed by atoms with E-state index >= 15 is 0 Å². The molecule has 4 rings (SSSR count). The molecule has 1 N–H and O–H groups in total. The highest BCUT2D eigenvalue weighted by Crippen LogP contribution is 2.40. The summed E-state index contributed by atoms with van der Waals surface area (Å²) in [6.07, 6.45) is 3.12. The molecule has 0 aromatic carbocycles. The lowest BCUT2D eigenvalue weighted by atomic mass is 9.80. The summed E-state index contributed by atoms with van der Waals surface area (Å²) in [5.41, 5.74) is 2.79. The molecule has 150 valence electrons. The monoisotopic (exact) mass is 384 g/mol. The van der Waals surface area contributed by atoms with E-state index in [1.54, 1.807) is 6.26 Å². The van der Waals surface area contributed by atoms with Gasteiger partial charge >= 0.3 is 0 Å². The molecule has 0 bridgehead atoms. The molecular weight excluding hydrogens is 356 g/mol. The van der Waals surface area contributed by atoms with Crippen LogP contribution in [0.15, 0.2) is 22.8 Å². The molecule has 0 aliphatic carbocycles. The second kappa shape index (κ2) is 7.54. The first-order valence-corrected chi connectivity index (χ1v) is 9.96. The highest BCUT2D eigenvalue weighted by atomic mass is 16.5. The minimum Gasteiger partial charge on any atom is -0.467 e. The van der Waals surface area contributed by atoms with Gasteiger partial charge < -0.3 is 19.4 Å². The number of carbonyl (C=O) groups excluding carboxylic acids is 1. The molecule has 0 saturated carbocycles. The van der Waals surface area contributed by atoms with E-state index in [4.69, 9.17) is 14.1 Å². The van der Waals surface area contributed by atoms with E-state index in [9.17, 15) is 4.79 Å². The van der Waals surface area contributed by atoms with Crippen molar-refractivity contribution < 1.29 is 13.9 Å². The smallest absolute Gasteiger partial charge is 0.223 e. The maximum atomic E-state index is 12.6. The second-order valence-corrected chi connectivity index (χ2v) is 8.33. The van der Waals surface area contributed by atoms with Gasteiger partial charge in [-0.05, 0) is 31.4 Å². The topological polar surface area (TPSA) is 80.5 Å². The van der Waals surface area contributed by atoms with Gasteiger partial charge in [-0.15, -0.1) is 0 Å². The normalized spacial score (nSPS) is 21.4. The van der Waals surface area contributed by atoms with E-state index < -0.39 is 0 Å². The van der Waals surface area contributed by atoms with Crippen LogP contribution in [0.2, 0.25) is 0 Å². The minimum absolute atomic E-state index is 0.223. The first-order chi connectivity index (χ1) is 13.5. The predicted octanol–water partition coefficient (Wildman–Crippen LogP) is 3.04. The lowest BCUT2D eigenvalue weighted by molar-refractivity contribution is -0.131. The number of fused-ring (bicyclic) bond motifs is 2. The van der Waals surface area contributed by atoms with E-state index in [0.717, 1.165) is 35.7 Å². The maximum absolute atomic E-state index is 12.6. The summed E-state index contributed by atoms with van der Waals surface area (Å²) in [5.74, 6) is 2.02. The third-order valence-corrected chi connectivity index (χ3v) is 5.63. The number of hydrogen-bond acceptors (Lipinski definition) is 6. The van der Waals surface area contributed by atoms with Crippen LogP contribution in [0.4, 0.5) is 5.95 Å². The number of anilines is 1. The van der Waals surface area contributed by atoms with Crippen LogP contribution in [0.5, 0.6) is 0 Å². The van der Waals surface area contributed by atoms with Gasteiger partial charge in [0.25, 0.3) is 0 Å². The Hall–Kier alpha value is -2.41. The van der Waals surface area contributed by atoms with Crippen molar-refractivity contribution in [2.24, 2.45) is 5.92 Å². The summed E-state index contributed by atoms with van der Waals surface area (Å²) in [6.45, 7) is 9.24. The summed E-state index contributed by atoms with van der Waals surface area (Å²) in [5, 5.41) is 3.27. The van der Waals surface area contributed by atoms with E-state index in [1.807, 2.05) is 24.0 Å². The molecular formula is C21H28N4O3. The zero-order chi connectivity index (χ0) is 19.7. The van der Waals surface area contributed by atoms with Gasteiger partial charge in [-0.1, -0.05) is 13.8 Å². The van der Waals surface area contributed by atoms with Crippen LogP contribution in [-0.4, -0.2) is 40.5 Å². The number of likely N-dealkylation sites (tertiary alicyclic amines) is 1. The summed E-state index contributed by atoms with van der Waals surface area (Å²) in [6, 6.07) is 3.78. The summed E-state index contributed by atoms with van der Waals surface area (Å²) in [7, 11) is 0. The van der Waals surface area contributed by atoms with Crippen LogP contribution in [0, 0.1) is 12.8 Å². The Morgan fingerprint density at radius 1 is 1.39 bits per heavy atom. The lowest BCUT2D eigenvalue weighted by Crippen LogP contribution is -2.42. The Labute approximate surface area is 165 Å². The van der Waals surface area contributed by atoms with Gasteiger partial charge in [-0.2, -0.15) is 0 Å². The lowest BCUT2D eigenvalue weighted by Gasteiger charge is -2.35. The number of furan rings is 1. The van der Waals surface area contributed by atoms with E-state index in [-0.39, 0.29) is 11.3 Å². The Kier molecular flexibility index (Phi) is 5.10. The van der Waals surface area contributed by atoms with Crippen molar-refractivity contribution in [1.29, 1.82) is 0 Å². The highest BCUT2D eigenvalue weighted by molar-refractivity contribution is 5.77. The van der Waals surface area contributed by atoms with Crippen molar-refractivity contribution in [1.82, 2.24) is 14.9 Å². The zero-order valence-corrected chi connectivity index (χ0v) is 16.8. The van der Waals surface area contributed by atoms with Crippen molar-refractivity contribution in [3.05, 3.63) is 41.1 Å². The van der Waals surface area contributed by atoms with Crippen molar-refractivity contribution in [2.75, 3.05) is 25.0 Å². The molecule has 4 heterocycles. The fourth-order valence-corrected chi connectivity index (χ4v) is 4.16. The van der Waals surface area contributed by atoms with Gasteiger partial charge in [0.2, 0.25) is 11.9 Å². The molecule has 1 amide bonds. The molecule has 1 atom stereocenters. The first kappa shape index (κ1) is 18.9. The third-order valence-electron chi connectivity index (χ3n) is 5.63. The second-order valence-electron chi connectivity index (χ2n) is 8.33. The van der Waals surface area contributed by atoms with Crippen LogP contribution in [0.25, 0.3) is 0 Å². The standard InChI is InChI=1S/C21H28N4O3/c1-14(2)9-18(26)25-7-6-21(12-25)13-27-11-17-15(3)23-20(24-19(17)21)22-10-16-5-4-8-28-16/h4-5,8,14H,6-7,9-13H2,1-3H3,(H,22,23,24). The molecule has 1 unspecified atom stereocenters. The first-order valence-electron chi connectivity index (χ1n) is 9.96. The molecule has 1 saturated heterocycles. The van der Waals surface area contributed by atoms with Gasteiger partial charge in [0.05, 0.1) is 37.1 Å². The zero-order valence-electron chi connectivity index (χ0n) is 16.8. The van der Waals surface area contributed by atoms with Crippen molar-refractivity contribution in [2.45, 2.75) is 52.2 Å². The number of ether oxygens (including phenoxy) is 1. The summed E-state index contributed by atoms with van der Waals surface area (Å²) >= 11 is 0. The third kappa shape index (κ3) is 3.63. The number of rotatable bonds is 5. The number of nitrogens with zero attached hydrogens (tertiary/aromatic N) is 3. The molecule has 0 radical (unpaired) electrons. The Balaban J connectivity index is 1.58. The number of amides is 1. The number of aryl methyl sites for hydroxylation is 1. The molecule has 2 aromatic heterocycles. The summed E-state index contributed by atoms with van der Waals surface area (Å²) < 4.78 is 11.3. The number of nitrogens with one attached hydrogen (secondary N) is 1. The Morgan fingerprint density at radius 2 is 2.25 bits per heavy atom. The number of hydrogen-bond donors (Lipinski definition) is 1. The van der Waals surface area contributed by atoms with Crippen LogP contribution < -0.4 is 5.32 Å². The molecule has 1 fully saturated rings. The number of carbonyl (C=O) groups is 1. The quantitative estimate of drug-likeness (QED) is 0.853. The molecule has 28 heavy (non-hydrogen) atoms. The van der Waals surface area contributed by atoms with Crippen LogP contribution in [0.3, 0.4) is 0 Å². The van der Waals surface area contributed by atoms with Gasteiger partial charge in [-0.25, -0.2) is 9.97 Å². The van der Waals surface area contributed by atoms with Crippen molar-refractivity contribution >= 4 is 11.9 Å². The SMILES string of the molecule is Cc1nc(NCc2ccco2)nc2c1COCC21CCN(C(=O)CC(C)C)C1. The molecule has 1 spiro atoms. The van der Waals surface area contributed by atoms with Gasteiger partial charge in [0, 0.05) is 30.8 Å². The van der Waals surface area contributed by atoms with Gasteiger partial charge in [-0.3, -0.25) is 4.79 Å². The van der Waals surface area contributed by atoms with Crippen molar-refractivity contribution in [3.8, 4) is 0 Å². The molecule has 7 nitrogen and oxygen atoms in total. The van der Waals surface area contributed by atoms with Gasteiger partial charge in [0.15, 0.2) is 0 Å². The Morgan fingerprint density at radius 3 is 3.00 bits per heavy atom. The van der Waals surface area contributed by atoms with E-state index in [1.165, 1.54) is 0 Å². The van der Waals surface area contributed by atoms with E-state index in [0.29, 0.717) is 44.6 Å². The average Bonchev–Trinajstić information content (AvgIpc) is 3.31. The highest BCUT2D eigenvalue weighted by Gasteiger charge is 2.46. The molecule has 2 aliphatic heterocycles. The van der Waals surface area contributed by atoms with Crippen LogP contribution in [0.1, 0.15) is 49.4 Å². The fourth-order valence-electron chi connectivity index (χ4n) is 4.16. The molecule has 7 heteroatoms. The predicted molar refractivity (Wildman–Crippen MR) is 105 cm³/mol. The minimum atomic E-state index is -0.241. The van der Waals surface area contributed by atoms with Gasteiger partial charge in [0.1, 0.15) is 5.76 Å². The molecule has 2 aliphatic rings. The van der Waals surface area contributed by atoms with E-state index in [2.05, 4.69) is 24.1 Å². The maximum Gasteiger partial charge on any atom is 0.223 e. The Bertz CT molecular complexity index is 850. The largest absolute Gasteiger partial charge is 0.467 e.